The molecule has 21 heavy (non-hydrogen) atoms. The molecule has 3 nitrogen and oxygen atoms in total. The van der Waals surface area contributed by atoms with Gasteiger partial charge in [-0.25, -0.2) is 0 Å². The fourth-order valence-corrected chi connectivity index (χ4v) is 3.71. The average Bonchev–Trinajstić information content (AvgIpc) is 2.88. The molecule has 0 aliphatic rings. The summed E-state index contributed by atoms with van der Waals surface area (Å²) in [6.07, 6.45) is 1.14. The smallest absolute Gasteiger partial charge is 0.0589 e. The molecule has 1 aromatic heterocycles. The van der Waals surface area contributed by atoms with Crippen molar-refractivity contribution in [3.05, 3.63) is 34.7 Å². The summed E-state index contributed by atoms with van der Waals surface area (Å²) < 4.78 is 6.60. The second-order valence-electron chi connectivity index (χ2n) is 5.42. The zero-order valence-electron chi connectivity index (χ0n) is 13.3. The number of thiophene rings is 1. The van der Waals surface area contributed by atoms with Crippen molar-refractivity contribution >= 4 is 21.4 Å². The van der Waals surface area contributed by atoms with Crippen molar-refractivity contribution in [1.82, 2.24) is 4.90 Å². The molecule has 0 bridgehead atoms. The Bertz CT molecular complexity index is 567. The van der Waals surface area contributed by atoms with Crippen LogP contribution in [0, 0.1) is 0 Å². The van der Waals surface area contributed by atoms with Crippen LogP contribution in [-0.2, 0) is 17.8 Å². The van der Waals surface area contributed by atoms with Crippen molar-refractivity contribution < 1.29 is 4.74 Å². The second-order valence-corrected chi connectivity index (χ2v) is 6.56. The van der Waals surface area contributed by atoms with E-state index in [0.29, 0.717) is 12.6 Å². The van der Waals surface area contributed by atoms with Crippen molar-refractivity contribution in [3.8, 4) is 0 Å². The Morgan fingerprint density at radius 1 is 1.33 bits per heavy atom. The maximum Gasteiger partial charge on any atom is 0.0589 e. The molecular weight excluding hydrogens is 280 g/mol. The molecule has 2 aromatic rings. The minimum Gasteiger partial charge on any atom is -0.383 e. The summed E-state index contributed by atoms with van der Waals surface area (Å²) in [5.41, 5.74) is 7.36. The quantitative estimate of drug-likeness (QED) is 0.810. The largest absolute Gasteiger partial charge is 0.383 e. The Labute approximate surface area is 131 Å². The second kappa shape index (κ2) is 7.90. The molecule has 1 heterocycles. The van der Waals surface area contributed by atoms with E-state index in [9.17, 15) is 0 Å². The molecule has 2 N–H and O–H groups in total. The van der Waals surface area contributed by atoms with Gasteiger partial charge in [-0.2, -0.15) is 0 Å². The highest BCUT2D eigenvalue weighted by molar-refractivity contribution is 7.19. The van der Waals surface area contributed by atoms with Gasteiger partial charge in [0, 0.05) is 42.4 Å². The maximum absolute atomic E-state index is 5.97. The first-order valence-corrected chi connectivity index (χ1v) is 8.45. The third-order valence-electron chi connectivity index (χ3n) is 4.13. The first kappa shape index (κ1) is 16.4. The minimum absolute atomic E-state index is 0.546. The number of ether oxygens (including phenoxy) is 1. The van der Waals surface area contributed by atoms with E-state index in [-0.39, 0.29) is 0 Å². The summed E-state index contributed by atoms with van der Waals surface area (Å²) >= 11 is 1.83. The summed E-state index contributed by atoms with van der Waals surface area (Å²) in [7, 11) is 1.76. The topological polar surface area (TPSA) is 38.5 Å². The van der Waals surface area contributed by atoms with E-state index in [1.165, 1.54) is 20.5 Å². The summed E-state index contributed by atoms with van der Waals surface area (Å²) in [6.45, 7) is 7.82. The van der Waals surface area contributed by atoms with Crippen LogP contribution in [-0.4, -0.2) is 31.2 Å². The van der Waals surface area contributed by atoms with Gasteiger partial charge in [0.2, 0.25) is 0 Å². The first-order chi connectivity index (χ1) is 10.2. The van der Waals surface area contributed by atoms with Crippen LogP contribution >= 0.6 is 11.3 Å². The van der Waals surface area contributed by atoms with Gasteiger partial charge in [0.05, 0.1) is 6.61 Å². The number of nitrogens with two attached hydrogens (primary N) is 1. The molecule has 1 unspecified atom stereocenters. The Morgan fingerprint density at radius 2 is 2.10 bits per heavy atom. The molecule has 1 aromatic carbocycles. The van der Waals surface area contributed by atoms with Crippen LogP contribution in [0.15, 0.2) is 24.3 Å². The van der Waals surface area contributed by atoms with E-state index in [2.05, 4.69) is 43.0 Å². The lowest BCUT2D eigenvalue weighted by molar-refractivity contribution is 0.118. The van der Waals surface area contributed by atoms with Gasteiger partial charge in [0.25, 0.3) is 0 Å². The zero-order valence-corrected chi connectivity index (χ0v) is 14.1. The molecule has 2 rings (SSSR count). The number of benzene rings is 1. The molecule has 0 radical (unpaired) electrons. The molecule has 0 aliphatic carbocycles. The van der Waals surface area contributed by atoms with Gasteiger partial charge in [-0.1, -0.05) is 25.1 Å². The Morgan fingerprint density at radius 3 is 2.76 bits per heavy atom. The highest BCUT2D eigenvalue weighted by Crippen LogP contribution is 2.32. The van der Waals surface area contributed by atoms with Crippen molar-refractivity contribution in [2.45, 2.75) is 39.4 Å². The Hall–Kier alpha value is -0.940. The van der Waals surface area contributed by atoms with Gasteiger partial charge >= 0.3 is 0 Å². The molecule has 0 fully saturated rings. The molecule has 116 valence electrons. The summed E-state index contributed by atoms with van der Waals surface area (Å²) in [5, 5.41) is 1.36. The van der Waals surface area contributed by atoms with Crippen LogP contribution in [0.4, 0.5) is 0 Å². The zero-order chi connectivity index (χ0) is 15.2. The first-order valence-electron chi connectivity index (χ1n) is 7.63. The van der Waals surface area contributed by atoms with Crippen LogP contribution in [0.1, 0.15) is 30.7 Å². The number of hydrogen-bond donors (Lipinski definition) is 1. The Kier molecular flexibility index (Phi) is 6.18. The number of nitrogens with zero attached hydrogens (tertiary/aromatic N) is 1. The molecule has 1 atom stereocenters. The van der Waals surface area contributed by atoms with E-state index in [1.807, 2.05) is 11.3 Å². The average molecular weight is 306 g/mol. The highest BCUT2D eigenvalue weighted by Gasteiger charge is 2.17. The van der Waals surface area contributed by atoms with Crippen LogP contribution in [0.25, 0.3) is 10.1 Å². The van der Waals surface area contributed by atoms with Gasteiger partial charge in [0.15, 0.2) is 0 Å². The lowest BCUT2D eigenvalue weighted by Gasteiger charge is -2.28. The summed E-state index contributed by atoms with van der Waals surface area (Å²) in [4.78, 5) is 3.80. The van der Waals surface area contributed by atoms with Gasteiger partial charge in [-0.3, -0.25) is 4.90 Å². The molecule has 0 saturated carbocycles. The molecular formula is C17H26N2OS. The highest BCUT2D eigenvalue weighted by atomic mass is 32.1. The van der Waals surface area contributed by atoms with E-state index in [4.69, 9.17) is 10.5 Å². The van der Waals surface area contributed by atoms with Crippen molar-refractivity contribution in [1.29, 1.82) is 0 Å². The fourth-order valence-electron chi connectivity index (χ4n) is 2.61. The van der Waals surface area contributed by atoms with Gasteiger partial charge < -0.3 is 10.5 Å². The SMILES string of the molecule is CCC(C)N(CCOC)Cc1c(CN)sc2ccccc12. The molecule has 0 amide bonds. The maximum atomic E-state index is 5.97. The van der Waals surface area contributed by atoms with E-state index in [1.54, 1.807) is 7.11 Å². The van der Waals surface area contributed by atoms with Gasteiger partial charge in [-0.05, 0) is 30.4 Å². The van der Waals surface area contributed by atoms with Crippen LogP contribution < -0.4 is 5.73 Å². The fraction of sp³-hybridized carbons (Fsp3) is 0.529. The van der Waals surface area contributed by atoms with Crippen LogP contribution in [0.2, 0.25) is 0 Å². The molecule has 0 aliphatic heterocycles. The van der Waals surface area contributed by atoms with Crippen molar-refractivity contribution in [2.75, 3.05) is 20.3 Å². The van der Waals surface area contributed by atoms with E-state index < -0.39 is 0 Å². The van der Waals surface area contributed by atoms with Crippen LogP contribution in [0.3, 0.4) is 0 Å². The lowest BCUT2D eigenvalue weighted by Crippen LogP contribution is -2.35. The van der Waals surface area contributed by atoms with E-state index in [0.717, 1.165) is 26.1 Å². The van der Waals surface area contributed by atoms with Crippen molar-refractivity contribution in [2.24, 2.45) is 5.73 Å². The number of methoxy groups -OCH3 is 1. The number of rotatable bonds is 8. The standard InChI is InChI=1S/C17H26N2OS/c1-4-13(2)19(9-10-20-3)12-15-14-7-5-6-8-16(14)21-17(15)11-18/h5-8,13H,4,9-12,18H2,1-3H3. The summed E-state index contributed by atoms with van der Waals surface area (Å²) in [6, 6.07) is 9.16. The third-order valence-corrected chi connectivity index (χ3v) is 5.36. The monoisotopic (exact) mass is 306 g/mol. The predicted molar refractivity (Wildman–Crippen MR) is 91.8 cm³/mol. The minimum atomic E-state index is 0.546. The number of hydrogen-bond acceptors (Lipinski definition) is 4. The summed E-state index contributed by atoms with van der Waals surface area (Å²) in [5.74, 6) is 0. The Balaban J connectivity index is 2.30. The van der Waals surface area contributed by atoms with Gasteiger partial charge in [-0.15, -0.1) is 11.3 Å². The molecule has 0 spiro atoms. The predicted octanol–water partition coefficient (Wildman–Crippen LogP) is 3.61. The van der Waals surface area contributed by atoms with Crippen LogP contribution in [0.5, 0.6) is 0 Å². The number of fused-ring (bicyclic) bond motifs is 1. The van der Waals surface area contributed by atoms with Gasteiger partial charge in [0.1, 0.15) is 0 Å². The molecule has 0 saturated heterocycles. The molecule has 4 heteroatoms. The van der Waals surface area contributed by atoms with Crippen molar-refractivity contribution in [3.63, 3.8) is 0 Å². The normalized spacial score (nSPS) is 13.2. The third kappa shape index (κ3) is 3.83. The lowest BCUT2D eigenvalue weighted by atomic mass is 10.1. The van der Waals surface area contributed by atoms with E-state index >= 15 is 0 Å².